The zero-order chi connectivity index (χ0) is 12.2. The summed E-state index contributed by atoms with van der Waals surface area (Å²) in [7, 11) is -3.47. The van der Waals surface area contributed by atoms with Crippen molar-refractivity contribution in [1.29, 1.82) is 0 Å². The van der Waals surface area contributed by atoms with Crippen LogP contribution in [0.15, 0.2) is 0 Å². The van der Waals surface area contributed by atoms with Crippen molar-refractivity contribution < 1.29 is 18.3 Å². The fourth-order valence-electron chi connectivity index (χ4n) is 2.27. The van der Waals surface area contributed by atoms with Gasteiger partial charge in [0.25, 0.3) is 0 Å². The van der Waals surface area contributed by atoms with Crippen LogP contribution < -0.4 is 0 Å². The molecule has 1 aliphatic carbocycles. The molecule has 1 unspecified atom stereocenters. The van der Waals surface area contributed by atoms with E-state index in [1.807, 2.05) is 6.92 Å². The van der Waals surface area contributed by atoms with Crippen LogP contribution in [0.3, 0.4) is 0 Å². The van der Waals surface area contributed by atoms with Crippen LogP contribution in [-0.2, 0) is 14.6 Å². The van der Waals surface area contributed by atoms with Gasteiger partial charge >= 0.3 is 5.97 Å². The quantitative estimate of drug-likeness (QED) is 0.780. The number of hydrogen-bond donors (Lipinski definition) is 1. The highest BCUT2D eigenvalue weighted by Crippen LogP contribution is 2.29. The summed E-state index contributed by atoms with van der Waals surface area (Å²) in [5, 5.41) is 7.42. The average Bonchev–Trinajstić information content (AvgIpc) is 2.70. The molecule has 0 aromatic carbocycles. The van der Waals surface area contributed by atoms with Gasteiger partial charge in [0.2, 0.25) is 0 Å². The summed E-state index contributed by atoms with van der Waals surface area (Å²) in [6, 6.07) is 0. The number of unbranched alkanes of at least 4 members (excludes halogenated alkanes) is 1. The van der Waals surface area contributed by atoms with E-state index in [2.05, 4.69) is 0 Å². The van der Waals surface area contributed by atoms with E-state index in [-0.39, 0.29) is 6.42 Å². The second-order valence-corrected chi connectivity index (χ2v) is 6.88. The minimum atomic E-state index is -3.47. The van der Waals surface area contributed by atoms with Crippen LogP contribution >= 0.6 is 0 Å². The Kier molecular flexibility index (Phi) is 4.77. The molecule has 4 nitrogen and oxygen atoms in total. The van der Waals surface area contributed by atoms with Crippen LogP contribution in [0.2, 0.25) is 0 Å². The van der Waals surface area contributed by atoms with E-state index in [1.54, 1.807) is 0 Å². The van der Waals surface area contributed by atoms with Gasteiger partial charge in [-0.3, -0.25) is 4.79 Å². The molecule has 0 heterocycles. The van der Waals surface area contributed by atoms with E-state index in [0.717, 1.165) is 19.3 Å². The van der Waals surface area contributed by atoms with Crippen molar-refractivity contribution in [1.82, 2.24) is 0 Å². The van der Waals surface area contributed by atoms with E-state index in [0.29, 0.717) is 19.3 Å². The first kappa shape index (κ1) is 13.5. The molecule has 1 fully saturated rings. The maximum Gasteiger partial charge on any atom is 0.321 e. The minimum absolute atomic E-state index is 0.255. The molecule has 0 aromatic heterocycles. The number of carbonyl (C=O) groups is 1. The van der Waals surface area contributed by atoms with Gasteiger partial charge in [-0.15, -0.1) is 0 Å². The smallest absolute Gasteiger partial charge is 0.321 e. The van der Waals surface area contributed by atoms with Crippen molar-refractivity contribution in [3.63, 3.8) is 0 Å². The lowest BCUT2D eigenvalue weighted by molar-refractivity contribution is -0.136. The molecule has 0 radical (unpaired) electrons. The van der Waals surface area contributed by atoms with Crippen LogP contribution in [0.4, 0.5) is 0 Å². The molecule has 1 rings (SSSR count). The van der Waals surface area contributed by atoms with Gasteiger partial charge in [-0.1, -0.05) is 32.6 Å². The Morgan fingerprint density at radius 2 is 1.94 bits per heavy atom. The van der Waals surface area contributed by atoms with Gasteiger partial charge in [0.15, 0.2) is 15.1 Å². The van der Waals surface area contributed by atoms with Gasteiger partial charge in [-0.05, 0) is 19.3 Å². The Labute approximate surface area is 97.0 Å². The van der Waals surface area contributed by atoms with Crippen molar-refractivity contribution in [2.45, 2.75) is 62.4 Å². The Hall–Kier alpha value is -0.580. The van der Waals surface area contributed by atoms with Gasteiger partial charge in [-0.25, -0.2) is 8.42 Å². The molecule has 0 saturated heterocycles. The molecule has 0 aromatic rings. The Balaban J connectivity index is 2.79. The van der Waals surface area contributed by atoms with E-state index in [9.17, 15) is 13.2 Å². The van der Waals surface area contributed by atoms with Gasteiger partial charge in [0.05, 0.1) is 5.25 Å². The molecule has 1 atom stereocenters. The summed E-state index contributed by atoms with van der Waals surface area (Å²) in [6.07, 6.45) is 4.82. The Morgan fingerprint density at radius 1 is 1.38 bits per heavy atom. The summed E-state index contributed by atoms with van der Waals surface area (Å²) >= 11 is 0. The van der Waals surface area contributed by atoms with Crippen molar-refractivity contribution >= 4 is 15.8 Å². The Morgan fingerprint density at radius 3 is 2.38 bits per heavy atom. The SMILES string of the molecule is CCCCC(C(=O)O)S(=O)(=O)C1CCCC1. The van der Waals surface area contributed by atoms with Gasteiger partial charge < -0.3 is 5.11 Å². The third-order valence-corrected chi connectivity index (χ3v) is 5.89. The molecular weight excluding hydrogens is 228 g/mol. The zero-order valence-electron chi connectivity index (χ0n) is 9.68. The lowest BCUT2D eigenvalue weighted by Crippen LogP contribution is -2.36. The number of carboxylic acids is 1. The number of sulfone groups is 1. The van der Waals surface area contributed by atoms with Crippen molar-refractivity contribution in [3.8, 4) is 0 Å². The van der Waals surface area contributed by atoms with Crippen molar-refractivity contribution in [2.24, 2.45) is 0 Å². The first-order valence-electron chi connectivity index (χ1n) is 5.95. The van der Waals surface area contributed by atoms with E-state index in [1.165, 1.54) is 0 Å². The van der Waals surface area contributed by atoms with Crippen molar-refractivity contribution in [2.75, 3.05) is 0 Å². The number of rotatable bonds is 6. The van der Waals surface area contributed by atoms with Crippen LogP contribution in [0.1, 0.15) is 51.9 Å². The zero-order valence-corrected chi connectivity index (χ0v) is 10.5. The number of aliphatic carboxylic acids is 1. The summed E-state index contributed by atoms with van der Waals surface area (Å²) < 4.78 is 24.2. The summed E-state index contributed by atoms with van der Waals surface area (Å²) in [5.41, 5.74) is 0. The maximum absolute atomic E-state index is 12.1. The largest absolute Gasteiger partial charge is 0.480 e. The lowest BCUT2D eigenvalue weighted by atomic mass is 10.2. The first-order valence-corrected chi connectivity index (χ1v) is 7.56. The highest BCUT2D eigenvalue weighted by Gasteiger charge is 2.39. The molecule has 94 valence electrons. The van der Waals surface area contributed by atoms with Crippen molar-refractivity contribution in [3.05, 3.63) is 0 Å². The van der Waals surface area contributed by atoms with E-state index >= 15 is 0 Å². The molecule has 1 N–H and O–H groups in total. The van der Waals surface area contributed by atoms with Crippen LogP contribution in [0.5, 0.6) is 0 Å². The minimum Gasteiger partial charge on any atom is -0.480 e. The normalized spacial score (nSPS) is 19.8. The molecular formula is C11H20O4S. The molecule has 5 heteroatoms. The fourth-order valence-corrected chi connectivity index (χ4v) is 4.50. The van der Waals surface area contributed by atoms with Crippen LogP contribution in [-0.4, -0.2) is 30.0 Å². The third-order valence-electron chi connectivity index (χ3n) is 3.26. The molecule has 1 saturated carbocycles. The van der Waals surface area contributed by atoms with E-state index in [4.69, 9.17) is 5.11 Å². The summed E-state index contributed by atoms with van der Waals surface area (Å²) in [6.45, 7) is 1.93. The predicted molar refractivity (Wildman–Crippen MR) is 62.1 cm³/mol. The highest BCUT2D eigenvalue weighted by atomic mass is 32.2. The fraction of sp³-hybridized carbons (Fsp3) is 0.909. The van der Waals surface area contributed by atoms with Gasteiger partial charge in [0, 0.05) is 0 Å². The second kappa shape index (κ2) is 5.66. The molecule has 1 aliphatic rings. The first-order chi connectivity index (χ1) is 7.50. The summed E-state index contributed by atoms with van der Waals surface area (Å²) in [4.78, 5) is 11.0. The second-order valence-electron chi connectivity index (χ2n) is 4.46. The molecule has 16 heavy (non-hydrogen) atoms. The van der Waals surface area contributed by atoms with Gasteiger partial charge in [-0.2, -0.15) is 0 Å². The van der Waals surface area contributed by atoms with Crippen LogP contribution in [0, 0.1) is 0 Å². The highest BCUT2D eigenvalue weighted by molar-refractivity contribution is 7.93. The van der Waals surface area contributed by atoms with Gasteiger partial charge in [0.1, 0.15) is 0 Å². The lowest BCUT2D eigenvalue weighted by Gasteiger charge is -2.17. The topological polar surface area (TPSA) is 71.4 Å². The predicted octanol–water partition coefficient (Wildman–Crippen LogP) is 1.99. The monoisotopic (exact) mass is 248 g/mol. The Bertz CT molecular complexity index is 328. The molecule has 0 bridgehead atoms. The number of carboxylic acid groups (broad SMARTS) is 1. The molecule has 0 aliphatic heterocycles. The molecule has 0 spiro atoms. The number of hydrogen-bond acceptors (Lipinski definition) is 3. The summed E-state index contributed by atoms with van der Waals surface area (Å²) in [5.74, 6) is -1.18. The molecule has 0 amide bonds. The average molecular weight is 248 g/mol. The maximum atomic E-state index is 12.1. The van der Waals surface area contributed by atoms with Crippen LogP contribution in [0.25, 0.3) is 0 Å². The van der Waals surface area contributed by atoms with E-state index < -0.39 is 26.3 Å². The third kappa shape index (κ3) is 2.97. The standard InChI is InChI=1S/C11H20O4S/c1-2-3-8-10(11(12)13)16(14,15)9-6-4-5-7-9/h9-10H,2-8H2,1H3,(H,12,13).